The summed E-state index contributed by atoms with van der Waals surface area (Å²) in [6, 6.07) is -0.933. The van der Waals surface area contributed by atoms with Crippen molar-refractivity contribution in [2.24, 2.45) is 10.8 Å². The molecule has 3 atom stereocenters. The maximum absolute atomic E-state index is 13.1. The minimum absolute atomic E-state index is 0.0444. The highest BCUT2D eigenvalue weighted by Crippen LogP contribution is 2.35. The SMILES string of the molecule is CCCCCCCCCC(C)(C)C(=O)NC(C)CC(CC(=O)O)NC(=O)C1OC(C)(C)OCC1(C)C. The molecule has 36 heavy (non-hydrogen) atoms. The van der Waals surface area contributed by atoms with E-state index in [0.717, 1.165) is 19.3 Å². The Morgan fingerprint density at radius 2 is 1.58 bits per heavy atom. The molecule has 3 unspecified atom stereocenters. The van der Waals surface area contributed by atoms with Crippen LogP contribution in [0.25, 0.3) is 0 Å². The Kier molecular flexibility index (Phi) is 12.9. The zero-order valence-electron chi connectivity index (χ0n) is 24.0. The van der Waals surface area contributed by atoms with Crippen molar-refractivity contribution in [1.29, 1.82) is 0 Å². The Labute approximate surface area is 218 Å². The molecular weight excluding hydrogens is 460 g/mol. The van der Waals surface area contributed by atoms with E-state index in [4.69, 9.17) is 9.47 Å². The molecule has 1 rings (SSSR count). The van der Waals surface area contributed by atoms with E-state index in [9.17, 15) is 19.5 Å². The number of amides is 2. The van der Waals surface area contributed by atoms with Crippen LogP contribution in [0.1, 0.15) is 120 Å². The van der Waals surface area contributed by atoms with Gasteiger partial charge in [-0.2, -0.15) is 0 Å². The van der Waals surface area contributed by atoms with Gasteiger partial charge in [-0.3, -0.25) is 14.4 Å². The molecule has 3 N–H and O–H groups in total. The third-order valence-electron chi connectivity index (χ3n) is 6.94. The van der Waals surface area contributed by atoms with Crippen molar-refractivity contribution in [1.82, 2.24) is 10.6 Å². The maximum atomic E-state index is 13.1. The van der Waals surface area contributed by atoms with Gasteiger partial charge < -0.3 is 25.2 Å². The highest BCUT2D eigenvalue weighted by atomic mass is 16.7. The van der Waals surface area contributed by atoms with Crippen LogP contribution in [0.5, 0.6) is 0 Å². The summed E-state index contributed by atoms with van der Waals surface area (Å²) in [5.41, 5.74) is -1.07. The minimum Gasteiger partial charge on any atom is -0.481 e. The van der Waals surface area contributed by atoms with Crippen molar-refractivity contribution in [2.45, 2.75) is 144 Å². The number of ether oxygens (including phenoxy) is 2. The normalized spacial score (nSPS) is 20.8. The topological polar surface area (TPSA) is 114 Å². The number of carboxylic acid groups (broad SMARTS) is 1. The molecule has 8 nitrogen and oxygen atoms in total. The lowest BCUT2D eigenvalue weighted by Gasteiger charge is -2.45. The van der Waals surface area contributed by atoms with Crippen LogP contribution in [0.15, 0.2) is 0 Å². The Bertz CT molecular complexity index is 719. The third-order valence-corrected chi connectivity index (χ3v) is 6.94. The second-order valence-electron chi connectivity index (χ2n) is 12.3. The highest BCUT2D eigenvalue weighted by molar-refractivity contribution is 5.83. The molecule has 0 bridgehead atoms. The van der Waals surface area contributed by atoms with Gasteiger partial charge in [-0.15, -0.1) is 0 Å². The van der Waals surface area contributed by atoms with E-state index in [0.29, 0.717) is 13.0 Å². The van der Waals surface area contributed by atoms with Crippen LogP contribution in [0, 0.1) is 10.8 Å². The van der Waals surface area contributed by atoms with Crippen molar-refractivity contribution < 1.29 is 29.0 Å². The quantitative estimate of drug-likeness (QED) is 0.245. The lowest BCUT2D eigenvalue weighted by molar-refractivity contribution is -0.304. The average Bonchev–Trinajstić information content (AvgIpc) is 2.74. The summed E-state index contributed by atoms with van der Waals surface area (Å²) in [7, 11) is 0. The number of hydrogen-bond acceptors (Lipinski definition) is 5. The zero-order chi connectivity index (χ0) is 27.6. The first-order valence-corrected chi connectivity index (χ1v) is 13.7. The molecule has 0 aromatic heterocycles. The molecule has 1 heterocycles. The molecule has 0 aromatic rings. The summed E-state index contributed by atoms with van der Waals surface area (Å²) in [5, 5.41) is 15.3. The van der Waals surface area contributed by atoms with Crippen LogP contribution in [0.4, 0.5) is 0 Å². The number of rotatable bonds is 16. The van der Waals surface area contributed by atoms with Gasteiger partial charge in [0.05, 0.1) is 13.0 Å². The summed E-state index contributed by atoms with van der Waals surface area (Å²) in [6.07, 6.45) is 8.50. The second-order valence-corrected chi connectivity index (χ2v) is 12.3. The molecule has 1 fully saturated rings. The lowest BCUT2D eigenvalue weighted by atomic mass is 9.84. The van der Waals surface area contributed by atoms with Crippen LogP contribution in [-0.4, -0.2) is 53.5 Å². The minimum atomic E-state index is -1.01. The molecule has 1 aliphatic rings. The van der Waals surface area contributed by atoms with E-state index in [1.165, 1.54) is 32.1 Å². The largest absolute Gasteiger partial charge is 0.481 e. The van der Waals surface area contributed by atoms with Gasteiger partial charge in [0.25, 0.3) is 0 Å². The summed E-state index contributed by atoms with van der Waals surface area (Å²) in [4.78, 5) is 37.6. The van der Waals surface area contributed by atoms with E-state index >= 15 is 0 Å². The van der Waals surface area contributed by atoms with E-state index in [1.54, 1.807) is 13.8 Å². The average molecular weight is 513 g/mol. The fraction of sp³-hybridized carbons (Fsp3) is 0.893. The predicted molar refractivity (Wildman–Crippen MR) is 141 cm³/mol. The standard InChI is InChI=1S/C28H52N2O6/c1-9-10-11-12-13-14-15-16-26(3,4)25(34)29-20(2)17-21(18-22(31)32)30-24(33)23-27(5,6)19-35-28(7,8)36-23/h20-21,23H,9-19H2,1-8H3,(H,29,34)(H,30,33)(H,31,32). The summed E-state index contributed by atoms with van der Waals surface area (Å²) < 4.78 is 11.6. The zero-order valence-corrected chi connectivity index (χ0v) is 24.0. The van der Waals surface area contributed by atoms with Crippen molar-refractivity contribution >= 4 is 17.8 Å². The van der Waals surface area contributed by atoms with Gasteiger partial charge in [0.2, 0.25) is 11.8 Å². The highest BCUT2D eigenvalue weighted by Gasteiger charge is 2.46. The van der Waals surface area contributed by atoms with E-state index in [-0.39, 0.29) is 24.3 Å². The molecule has 210 valence electrons. The lowest BCUT2D eigenvalue weighted by Crippen LogP contribution is -2.58. The van der Waals surface area contributed by atoms with Crippen LogP contribution in [0.2, 0.25) is 0 Å². The molecule has 0 radical (unpaired) electrons. The number of hydrogen-bond donors (Lipinski definition) is 3. The van der Waals surface area contributed by atoms with Gasteiger partial charge in [-0.05, 0) is 33.6 Å². The summed E-state index contributed by atoms with van der Waals surface area (Å²) in [6.45, 7) is 15.6. The predicted octanol–water partition coefficient (Wildman–Crippen LogP) is 5.19. The molecular formula is C28H52N2O6. The van der Waals surface area contributed by atoms with E-state index in [2.05, 4.69) is 17.6 Å². The van der Waals surface area contributed by atoms with Crippen molar-refractivity contribution in [3.63, 3.8) is 0 Å². The van der Waals surface area contributed by atoms with Gasteiger partial charge in [-0.1, -0.05) is 79.6 Å². The monoisotopic (exact) mass is 512 g/mol. The van der Waals surface area contributed by atoms with Crippen LogP contribution >= 0.6 is 0 Å². The van der Waals surface area contributed by atoms with E-state index in [1.807, 2.05) is 34.6 Å². The number of carboxylic acids is 1. The Morgan fingerprint density at radius 1 is 1.00 bits per heavy atom. The first-order valence-electron chi connectivity index (χ1n) is 13.7. The molecule has 8 heteroatoms. The van der Waals surface area contributed by atoms with Crippen molar-refractivity contribution in [2.75, 3.05) is 6.61 Å². The molecule has 0 spiro atoms. The molecule has 2 amide bonds. The summed E-state index contributed by atoms with van der Waals surface area (Å²) >= 11 is 0. The molecule has 1 saturated heterocycles. The maximum Gasteiger partial charge on any atom is 0.305 e. The number of aliphatic carboxylic acids is 1. The van der Waals surface area contributed by atoms with Crippen molar-refractivity contribution in [3.8, 4) is 0 Å². The number of carbonyl (C=O) groups is 3. The number of unbranched alkanes of at least 4 members (excludes halogenated alkanes) is 6. The van der Waals surface area contributed by atoms with Crippen molar-refractivity contribution in [3.05, 3.63) is 0 Å². The van der Waals surface area contributed by atoms with Gasteiger partial charge in [0.1, 0.15) is 6.10 Å². The van der Waals surface area contributed by atoms with E-state index < -0.39 is 34.7 Å². The second kappa shape index (κ2) is 14.3. The fourth-order valence-electron chi connectivity index (χ4n) is 4.54. The van der Waals surface area contributed by atoms with Gasteiger partial charge >= 0.3 is 5.97 Å². The molecule has 0 aliphatic carbocycles. The number of carbonyl (C=O) groups excluding carboxylic acids is 2. The van der Waals surface area contributed by atoms with Gasteiger partial charge in [0.15, 0.2) is 5.79 Å². The molecule has 0 saturated carbocycles. The Hall–Kier alpha value is -1.67. The Morgan fingerprint density at radius 3 is 2.17 bits per heavy atom. The smallest absolute Gasteiger partial charge is 0.305 e. The summed E-state index contributed by atoms with van der Waals surface area (Å²) in [5.74, 6) is -2.31. The fourth-order valence-corrected chi connectivity index (χ4v) is 4.54. The molecule has 0 aromatic carbocycles. The first-order chi connectivity index (χ1) is 16.6. The number of nitrogens with one attached hydrogen (secondary N) is 2. The van der Waals surface area contributed by atoms with Crippen LogP contribution < -0.4 is 10.6 Å². The first kappa shape index (κ1) is 32.4. The van der Waals surface area contributed by atoms with Gasteiger partial charge in [0, 0.05) is 22.9 Å². The molecule has 1 aliphatic heterocycles. The van der Waals surface area contributed by atoms with Gasteiger partial charge in [-0.25, -0.2) is 0 Å². The third kappa shape index (κ3) is 11.6. The van der Waals surface area contributed by atoms with Crippen LogP contribution in [-0.2, 0) is 23.9 Å². The Balaban J connectivity index is 2.64. The van der Waals surface area contributed by atoms with Crippen LogP contribution in [0.3, 0.4) is 0 Å².